The predicted molar refractivity (Wildman–Crippen MR) is 233 cm³/mol. The highest BCUT2D eigenvalue weighted by molar-refractivity contribution is 9.09. The van der Waals surface area contributed by atoms with Gasteiger partial charge in [0, 0.05) is 36.0 Å². The molecule has 0 spiro atoms. The Labute approximate surface area is 352 Å². The van der Waals surface area contributed by atoms with Crippen molar-refractivity contribution in [2.45, 2.75) is 87.8 Å². The number of likely N-dealkylation sites (tertiary alicyclic amines) is 2. The molecule has 0 bridgehead atoms. The first-order valence-corrected chi connectivity index (χ1v) is 24.4. The van der Waals surface area contributed by atoms with Gasteiger partial charge in [0.25, 0.3) is 17.5 Å². The lowest BCUT2D eigenvalue weighted by Gasteiger charge is -2.31. The lowest BCUT2D eigenvalue weighted by atomic mass is 10.1. The van der Waals surface area contributed by atoms with Crippen molar-refractivity contribution in [2.24, 2.45) is 0 Å². The topological polar surface area (TPSA) is 169 Å². The number of benzene rings is 2. The normalized spacial score (nSPS) is 16.9. The summed E-state index contributed by atoms with van der Waals surface area (Å²) in [6, 6.07) is 6.17. The first kappa shape index (κ1) is 46.8. The first-order valence-electron chi connectivity index (χ1n) is 18.0. The van der Waals surface area contributed by atoms with Gasteiger partial charge < -0.3 is 35.2 Å². The van der Waals surface area contributed by atoms with E-state index in [0.717, 1.165) is 55.2 Å². The van der Waals surface area contributed by atoms with Crippen molar-refractivity contribution >= 4 is 102 Å². The summed E-state index contributed by atoms with van der Waals surface area (Å²) in [6.45, 7) is 9.26. The van der Waals surface area contributed by atoms with Crippen LogP contribution in [0.25, 0.3) is 0 Å². The van der Waals surface area contributed by atoms with Crippen molar-refractivity contribution in [1.29, 1.82) is 0 Å². The molecule has 2 aromatic rings. The average molecular weight is 957 g/mol. The highest BCUT2D eigenvalue weighted by Gasteiger charge is 2.38. The van der Waals surface area contributed by atoms with Crippen LogP contribution in [0.15, 0.2) is 24.3 Å². The summed E-state index contributed by atoms with van der Waals surface area (Å²) in [5, 5.41) is 30.9. The van der Waals surface area contributed by atoms with E-state index in [9.17, 15) is 29.9 Å². The highest BCUT2D eigenvalue weighted by Crippen LogP contribution is 2.39. The maximum absolute atomic E-state index is 13.3. The fourth-order valence-corrected chi connectivity index (χ4v) is 12.8. The molecule has 0 unspecified atom stereocenters. The van der Waals surface area contributed by atoms with Crippen LogP contribution in [0, 0.1) is 10.1 Å². The Balaban J connectivity index is 0.000000291. The van der Waals surface area contributed by atoms with Gasteiger partial charge in [0.2, 0.25) is 0 Å². The third kappa shape index (κ3) is 12.2. The molecule has 4 N–H and O–H groups in total. The third-order valence-electron chi connectivity index (χ3n) is 8.90. The van der Waals surface area contributed by atoms with Crippen molar-refractivity contribution in [2.75, 3.05) is 52.9 Å². The van der Waals surface area contributed by atoms with Gasteiger partial charge in [-0.25, -0.2) is 0 Å². The number of nitrogen functional groups attached to an aromatic ring is 1. The van der Waals surface area contributed by atoms with Crippen molar-refractivity contribution in [3.63, 3.8) is 0 Å². The number of nitrogens with zero attached hydrogens (tertiary/aromatic N) is 3. The molecule has 2 saturated heterocycles. The van der Waals surface area contributed by atoms with E-state index in [1.807, 2.05) is 51.9 Å². The van der Waals surface area contributed by atoms with E-state index in [1.54, 1.807) is 17.0 Å². The van der Waals surface area contributed by atoms with Crippen LogP contribution in [0.1, 0.15) is 85.2 Å². The summed E-state index contributed by atoms with van der Waals surface area (Å²) < 4.78 is 11.4. The number of anilines is 1. The molecular weight excluding hydrogens is 904 g/mol. The Bertz CT molecular complexity index is 1540. The predicted octanol–water partition coefficient (Wildman–Crippen LogP) is 8.18. The van der Waals surface area contributed by atoms with Crippen molar-refractivity contribution < 1.29 is 34.2 Å². The number of carbonyl (C=O) groups is 2. The quantitative estimate of drug-likeness (QED) is 0.0406. The van der Waals surface area contributed by atoms with Gasteiger partial charge in [0.1, 0.15) is 28.1 Å². The van der Waals surface area contributed by atoms with E-state index in [-0.39, 0.29) is 64.2 Å². The van der Waals surface area contributed by atoms with Gasteiger partial charge in [-0.3, -0.25) is 19.7 Å². The molecule has 2 atom stereocenters. The van der Waals surface area contributed by atoms with Gasteiger partial charge in [-0.1, -0.05) is 27.7 Å². The largest absolute Gasteiger partial charge is 0.482 e. The number of carbonyl (C=O) groups excluding carboxylic acids is 2. The van der Waals surface area contributed by atoms with E-state index in [0.29, 0.717) is 44.8 Å². The molecule has 0 radical (unpaired) electrons. The molecule has 18 heteroatoms. The molecule has 54 heavy (non-hydrogen) atoms. The molecule has 2 heterocycles. The van der Waals surface area contributed by atoms with Crippen LogP contribution in [0.5, 0.6) is 11.5 Å². The van der Waals surface area contributed by atoms with Crippen molar-refractivity contribution in [1.82, 2.24) is 9.80 Å². The minimum absolute atomic E-state index is 0.00428. The minimum atomic E-state index is -0.570. The third-order valence-corrected chi connectivity index (χ3v) is 14.9. The zero-order chi connectivity index (χ0) is 39.8. The maximum Gasteiger partial charge on any atom is 0.285 e. The number of aliphatic hydroxyl groups excluding tert-OH is 2. The Morgan fingerprint density at radius 2 is 1.20 bits per heavy atom. The molecular formula is C36H52Br2N4O8S4. The number of hydrogen-bond acceptors (Lipinski definition) is 13. The van der Waals surface area contributed by atoms with Gasteiger partial charge in [0.15, 0.2) is 0 Å². The van der Waals surface area contributed by atoms with Gasteiger partial charge >= 0.3 is 0 Å². The van der Waals surface area contributed by atoms with Crippen LogP contribution in [0.3, 0.4) is 0 Å². The zero-order valence-electron chi connectivity index (χ0n) is 31.2. The summed E-state index contributed by atoms with van der Waals surface area (Å²) in [5.74, 6) is 4.25. The van der Waals surface area contributed by atoms with Gasteiger partial charge in [-0.15, -0.1) is 47.0 Å². The van der Waals surface area contributed by atoms with Crippen molar-refractivity contribution in [3.05, 3.63) is 56.6 Å². The average Bonchev–Trinajstić information content (AvgIpc) is 3.86. The molecule has 2 aromatic carbocycles. The number of aliphatic hydroxyl groups is 2. The first-order chi connectivity index (χ1) is 26.0. The number of alkyl halides is 2. The lowest BCUT2D eigenvalue weighted by molar-refractivity contribution is -0.385. The minimum Gasteiger partial charge on any atom is -0.482 e. The molecule has 0 aliphatic carbocycles. The molecule has 2 aliphatic rings. The Morgan fingerprint density at radius 3 is 1.59 bits per heavy atom. The fourth-order valence-electron chi connectivity index (χ4n) is 6.56. The zero-order valence-corrected chi connectivity index (χ0v) is 37.6. The summed E-state index contributed by atoms with van der Waals surface area (Å²) >= 11 is 13.8. The number of hydrogen-bond donors (Lipinski definition) is 3. The van der Waals surface area contributed by atoms with E-state index in [4.69, 9.17) is 15.2 Å². The van der Waals surface area contributed by atoms with Crippen LogP contribution in [-0.4, -0.2) is 105 Å². The number of nitrogens with two attached hydrogens (primary N) is 1. The second-order valence-electron chi connectivity index (χ2n) is 12.1. The van der Waals surface area contributed by atoms with E-state index in [2.05, 4.69) is 59.6 Å². The standard InChI is InChI=1S/C18H25BrN2O5S2.C18H27BrN2O3S2/c1-3-27-18(28-4-2)14-6-5-7-20(14)17(23)13-8-12(10-22)16(26-11-19)9-15(13)21(24)25;1-3-25-18(26-4-2)15-6-5-7-21(15)17(23)13-8-12(10-22)16(24-11-19)9-14(13)20/h8-9,14,18,22H,3-7,10-11H2,1-2H3;8-9,15,18,22H,3-7,10-11,20H2,1-2H3/t14-;15-/m00/s1. The SMILES string of the molecule is CCSC(SCC)[C@@H]1CCCN1C(=O)c1cc(CO)c(OCBr)cc1N.CCSC(SCC)[C@@H]1CCCN1C(=O)c1cc(CO)c(OCBr)cc1[N+](=O)[O-]. The summed E-state index contributed by atoms with van der Waals surface area (Å²) in [4.78, 5) is 41.3. The lowest BCUT2D eigenvalue weighted by Crippen LogP contribution is -2.41. The smallest absolute Gasteiger partial charge is 0.285 e. The Morgan fingerprint density at radius 1 is 0.796 bits per heavy atom. The monoisotopic (exact) mass is 954 g/mol. The molecule has 302 valence electrons. The molecule has 4 rings (SSSR count). The number of halogens is 2. The van der Waals surface area contributed by atoms with Crippen LogP contribution in [-0.2, 0) is 13.2 Å². The molecule has 0 aromatic heterocycles. The second-order valence-corrected chi connectivity index (χ2v) is 19.3. The summed E-state index contributed by atoms with van der Waals surface area (Å²) in [6.07, 6.45) is 3.81. The molecule has 0 saturated carbocycles. The number of nitro benzene ring substituents is 1. The number of amides is 2. The van der Waals surface area contributed by atoms with Crippen LogP contribution in [0.4, 0.5) is 11.4 Å². The van der Waals surface area contributed by atoms with Crippen LogP contribution < -0.4 is 15.2 Å². The fraction of sp³-hybridized carbons (Fsp3) is 0.611. The number of nitro groups is 1. The number of ether oxygens (including phenoxy) is 2. The summed E-state index contributed by atoms with van der Waals surface area (Å²) in [5.41, 5.74) is 8.03. The number of rotatable bonds is 19. The highest BCUT2D eigenvalue weighted by atomic mass is 79.9. The van der Waals surface area contributed by atoms with Crippen LogP contribution >= 0.6 is 78.9 Å². The maximum atomic E-state index is 13.3. The van der Waals surface area contributed by atoms with Gasteiger partial charge in [-0.2, -0.15) is 0 Å². The van der Waals surface area contributed by atoms with Crippen LogP contribution in [0.2, 0.25) is 0 Å². The Hall–Kier alpha value is -1.54. The Kier molecular flexibility index (Phi) is 21.1. The molecule has 2 amide bonds. The van der Waals surface area contributed by atoms with E-state index >= 15 is 0 Å². The molecule has 2 fully saturated rings. The number of thioether (sulfide) groups is 4. The van der Waals surface area contributed by atoms with Gasteiger partial charge in [0.05, 0.1) is 51.0 Å². The second kappa shape index (κ2) is 24.3. The van der Waals surface area contributed by atoms with Gasteiger partial charge in [-0.05, 0) is 92.7 Å². The molecule has 12 nitrogen and oxygen atoms in total. The van der Waals surface area contributed by atoms with Crippen molar-refractivity contribution in [3.8, 4) is 11.5 Å². The molecule has 2 aliphatic heterocycles. The summed E-state index contributed by atoms with van der Waals surface area (Å²) in [7, 11) is 0. The van der Waals surface area contributed by atoms with E-state index < -0.39 is 4.92 Å². The van der Waals surface area contributed by atoms with E-state index in [1.165, 1.54) is 12.1 Å².